The zero-order valence-electron chi connectivity index (χ0n) is 12.2. The molecule has 7 heteroatoms. The number of alkyl halides is 1. The fourth-order valence-corrected chi connectivity index (χ4v) is 2.84. The van der Waals surface area contributed by atoms with E-state index in [1.54, 1.807) is 20.8 Å². The van der Waals surface area contributed by atoms with E-state index in [-0.39, 0.29) is 6.04 Å². The molecule has 6 nitrogen and oxygen atoms in total. The second-order valence-electron chi connectivity index (χ2n) is 6.19. The van der Waals surface area contributed by atoms with Gasteiger partial charge >= 0.3 is 12.1 Å². The van der Waals surface area contributed by atoms with Crippen molar-refractivity contribution in [3.63, 3.8) is 0 Å². The van der Waals surface area contributed by atoms with Crippen LogP contribution in [-0.2, 0) is 14.3 Å². The van der Waals surface area contributed by atoms with E-state index in [0.29, 0.717) is 13.1 Å². The molecule has 2 aliphatic heterocycles. The summed E-state index contributed by atoms with van der Waals surface area (Å²) in [6, 6.07) is -1.59. The third-order valence-electron chi connectivity index (χ3n) is 3.64. The van der Waals surface area contributed by atoms with E-state index < -0.39 is 35.8 Å². The van der Waals surface area contributed by atoms with E-state index in [2.05, 4.69) is 10.1 Å². The van der Waals surface area contributed by atoms with Crippen molar-refractivity contribution in [2.75, 3.05) is 20.2 Å². The number of hydrogen-bond donors (Lipinski definition) is 1. The summed E-state index contributed by atoms with van der Waals surface area (Å²) in [6.45, 7) is 6.08. The molecule has 0 radical (unpaired) electrons. The molecule has 20 heavy (non-hydrogen) atoms. The van der Waals surface area contributed by atoms with Crippen LogP contribution in [0.1, 0.15) is 20.8 Å². The summed E-state index contributed by atoms with van der Waals surface area (Å²) in [4.78, 5) is 25.3. The van der Waals surface area contributed by atoms with Crippen LogP contribution in [0, 0.1) is 5.92 Å². The van der Waals surface area contributed by atoms with Crippen LogP contribution < -0.4 is 5.32 Å². The van der Waals surface area contributed by atoms with Gasteiger partial charge in [0.1, 0.15) is 11.8 Å². The van der Waals surface area contributed by atoms with Crippen molar-refractivity contribution in [3.05, 3.63) is 0 Å². The fourth-order valence-electron chi connectivity index (χ4n) is 2.84. The zero-order chi connectivity index (χ0) is 15.1. The number of hydrogen-bond acceptors (Lipinski definition) is 5. The third-order valence-corrected chi connectivity index (χ3v) is 3.64. The van der Waals surface area contributed by atoms with Crippen LogP contribution in [0.15, 0.2) is 0 Å². The van der Waals surface area contributed by atoms with Crippen molar-refractivity contribution in [2.24, 2.45) is 5.92 Å². The molecular formula is C13H21FN2O4. The number of fused-ring (bicyclic) bond motifs is 1. The van der Waals surface area contributed by atoms with E-state index in [0.717, 1.165) is 0 Å². The van der Waals surface area contributed by atoms with E-state index in [9.17, 15) is 14.0 Å². The largest absolute Gasteiger partial charge is 0.467 e. The highest BCUT2D eigenvalue weighted by Gasteiger charge is 2.57. The summed E-state index contributed by atoms with van der Waals surface area (Å²) in [5.74, 6) is -1.13. The highest BCUT2D eigenvalue weighted by atomic mass is 19.1. The molecule has 0 spiro atoms. The van der Waals surface area contributed by atoms with Crippen LogP contribution in [0.25, 0.3) is 0 Å². The molecule has 2 aliphatic rings. The van der Waals surface area contributed by atoms with Crippen LogP contribution in [0.2, 0.25) is 0 Å². The second-order valence-corrected chi connectivity index (χ2v) is 6.19. The number of likely N-dealkylation sites (tertiary alicyclic amines) is 1. The maximum Gasteiger partial charge on any atom is 0.411 e. The Labute approximate surface area is 117 Å². The highest BCUT2D eigenvalue weighted by molar-refractivity contribution is 5.83. The van der Waals surface area contributed by atoms with Crippen molar-refractivity contribution < 1.29 is 23.5 Å². The predicted octanol–water partition coefficient (Wildman–Crippen LogP) is 0.705. The maximum absolute atomic E-state index is 14.4. The van der Waals surface area contributed by atoms with Crippen molar-refractivity contribution >= 4 is 12.1 Å². The number of nitrogens with one attached hydrogen (secondary N) is 1. The summed E-state index contributed by atoms with van der Waals surface area (Å²) in [5, 5.41) is 3.04. The molecule has 0 aromatic rings. The standard InChI is InChI=1S/C13H21FN2O4/c1-13(2,3)20-12(18)16-8-6-15-5-7(8)9(14)10(16)11(17)19-4/h7-10,15H,5-6H2,1-4H3/t7-,8+,9-,10-/m0/s1. The lowest BCUT2D eigenvalue weighted by Gasteiger charge is -2.30. The number of methoxy groups -OCH3 is 1. The number of amides is 1. The summed E-state index contributed by atoms with van der Waals surface area (Å²) >= 11 is 0. The Kier molecular flexibility index (Phi) is 3.90. The lowest BCUT2D eigenvalue weighted by Crippen LogP contribution is -2.50. The van der Waals surface area contributed by atoms with E-state index in [1.165, 1.54) is 12.0 Å². The van der Waals surface area contributed by atoms with Crippen molar-refractivity contribution in [2.45, 2.75) is 44.6 Å². The Bertz CT molecular complexity index is 410. The van der Waals surface area contributed by atoms with Gasteiger partial charge in [-0.3, -0.25) is 4.90 Å². The molecule has 0 aromatic carbocycles. The van der Waals surface area contributed by atoms with E-state index in [1.807, 2.05) is 0 Å². The van der Waals surface area contributed by atoms with E-state index in [4.69, 9.17) is 4.74 Å². The van der Waals surface area contributed by atoms with Crippen molar-refractivity contribution in [3.8, 4) is 0 Å². The number of carbonyl (C=O) groups is 2. The highest BCUT2D eigenvalue weighted by Crippen LogP contribution is 2.36. The topological polar surface area (TPSA) is 67.9 Å². The van der Waals surface area contributed by atoms with Gasteiger partial charge < -0.3 is 14.8 Å². The molecule has 0 aliphatic carbocycles. The Hall–Kier alpha value is -1.37. The lowest BCUT2D eigenvalue weighted by molar-refractivity contribution is -0.147. The third kappa shape index (κ3) is 2.59. The van der Waals surface area contributed by atoms with Gasteiger partial charge in [-0.2, -0.15) is 0 Å². The van der Waals surface area contributed by atoms with Crippen LogP contribution in [0.5, 0.6) is 0 Å². The SMILES string of the molecule is COC(=O)[C@@H]1[C@@H](F)[C@H]2CNC[C@H]2N1C(=O)OC(C)(C)C. The monoisotopic (exact) mass is 288 g/mol. The van der Waals surface area contributed by atoms with Gasteiger partial charge in [0, 0.05) is 19.0 Å². The first-order chi connectivity index (χ1) is 9.26. The normalized spacial score (nSPS) is 33.0. The molecule has 2 heterocycles. The number of rotatable bonds is 1. The average Bonchev–Trinajstić information content (AvgIpc) is 2.88. The number of ether oxygens (including phenoxy) is 2. The fraction of sp³-hybridized carbons (Fsp3) is 0.846. The number of carbonyl (C=O) groups excluding carboxylic acids is 2. The smallest absolute Gasteiger partial charge is 0.411 e. The number of nitrogens with zero attached hydrogens (tertiary/aromatic N) is 1. The number of halogens is 1. The lowest BCUT2D eigenvalue weighted by atomic mass is 10.0. The molecule has 0 saturated carbocycles. The first kappa shape index (κ1) is 15.0. The van der Waals surface area contributed by atoms with Gasteiger partial charge in [0.15, 0.2) is 6.04 Å². The van der Waals surface area contributed by atoms with E-state index >= 15 is 0 Å². The Morgan fingerprint density at radius 3 is 2.50 bits per heavy atom. The van der Waals surface area contributed by atoms with Crippen LogP contribution >= 0.6 is 0 Å². The quantitative estimate of drug-likeness (QED) is 0.720. The first-order valence-corrected chi connectivity index (χ1v) is 6.70. The molecule has 4 atom stereocenters. The summed E-state index contributed by atoms with van der Waals surface area (Å²) < 4.78 is 24.4. The zero-order valence-corrected chi connectivity index (χ0v) is 12.2. The predicted molar refractivity (Wildman–Crippen MR) is 68.9 cm³/mol. The molecule has 1 amide bonds. The van der Waals surface area contributed by atoms with Crippen LogP contribution in [0.4, 0.5) is 9.18 Å². The molecule has 2 fully saturated rings. The number of esters is 1. The summed E-state index contributed by atoms with van der Waals surface area (Å²) in [6.07, 6.45) is -2.11. The molecule has 2 rings (SSSR count). The summed E-state index contributed by atoms with van der Waals surface area (Å²) in [5.41, 5.74) is -0.701. The van der Waals surface area contributed by atoms with Crippen LogP contribution in [-0.4, -0.2) is 61.0 Å². The van der Waals surface area contributed by atoms with Crippen LogP contribution in [0.3, 0.4) is 0 Å². The van der Waals surface area contributed by atoms with Gasteiger partial charge in [0.05, 0.1) is 13.2 Å². The molecular weight excluding hydrogens is 267 g/mol. The minimum Gasteiger partial charge on any atom is -0.467 e. The first-order valence-electron chi connectivity index (χ1n) is 6.70. The van der Waals surface area contributed by atoms with Crippen molar-refractivity contribution in [1.29, 1.82) is 0 Å². The Morgan fingerprint density at radius 1 is 1.30 bits per heavy atom. The molecule has 0 unspecified atom stereocenters. The molecule has 0 bridgehead atoms. The molecule has 0 aromatic heterocycles. The van der Waals surface area contributed by atoms with Gasteiger partial charge in [-0.1, -0.05) is 0 Å². The van der Waals surface area contributed by atoms with Gasteiger partial charge in [-0.15, -0.1) is 0 Å². The average molecular weight is 288 g/mol. The van der Waals surface area contributed by atoms with Gasteiger partial charge in [-0.25, -0.2) is 14.0 Å². The summed E-state index contributed by atoms with van der Waals surface area (Å²) in [7, 11) is 1.19. The maximum atomic E-state index is 14.4. The Balaban J connectivity index is 2.25. The second kappa shape index (κ2) is 5.20. The Morgan fingerprint density at radius 2 is 1.95 bits per heavy atom. The molecule has 114 valence electrons. The van der Waals surface area contributed by atoms with Crippen molar-refractivity contribution in [1.82, 2.24) is 10.2 Å². The van der Waals surface area contributed by atoms with Gasteiger partial charge in [-0.05, 0) is 20.8 Å². The van der Waals surface area contributed by atoms with Gasteiger partial charge in [0.2, 0.25) is 0 Å². The minimum absolute atomic E-state index is 0.371. The molecule has 1 N–H and O–H groups in total. The molecule has 2 saturated heterocycles. The van der Waals surface area contributed by atoms with Gasteiger partial charge in [0.25, 0.3) is 0 Å². The minimum atomic E-state index is -1.44.